The van der Waals surface area contributed by atoms with Crippen LogP contribution in [0.4, 0.5) is 6.01 Å². The molecule has 8 nitrogen and oxygen atoms in total. The number of nitrogens with zero attached hydrogens (tertiary/aromatic N) is 3. The maximum absolute atomic E-state index is 12.5. The van der Waals surface area contributed by atoms with E-state index in [2.05, 4.69) is 25.4 Å². The summed E-state index contributed by atoms with van der Waals surface area (Å²) in [5, 5.41) is 10.6. The van der Waals surface area contributed by atoms with Crippen LogP contribution in [0.25, 0.3) is 11.1 Å². The Bertz CT molecular complexity index is 962. The number of amides is 1. The fourth-order valence-electron chi connectivity index (χ4n) is 3.40. The van der Waals surface area contributed by atoms with Crippen LogP contribution in [0.5, 0.6) is 0 Å². The van der Waals surface area contributed by atoms with Crippen LogP contribution in [0.2, 0.25) is 5.02 Å². The van der Waals surface area contributed by atoms with E-state index in [1.165, 1.54) is 0 Å². The number of fused-ring (bicyclic) bond motifs is 1. The topological polar surface area (TPSA) is 96.3 Å². The summed E-state index contributed by atoms with van der Waals surface area (Å²) >= 11 is 6.00. The number of methoxy groups -OCH3 is 1. The lowest BCUT2D eigenvalue weighted by Crippen LogP contribution is -2.40. The Morgan fingerprint density at radius 3 is 3.00 bits per heavy atom. The predicted octanol–water partition coefficient (Wildman–Crippen LogP) is 2.88. The van der Waals surface area contributed by atoms with Gasteiger partial charge in [0.15, 0.2) is 5.58 Å². The summed E-state index contributed by atoms with van der Waals surface area (Å²) in [5.74, 6) is 0.0447. The molecule has 4 rings (SSSR count). The van der Waals surface area contributed by atoms with Gasteiger partial charge in [0.05, 0.1) is 24.5 Å². The molecule has 0 aliphatic carbocycles. The van der Waals surface area contributed by atoms with Gasteiger partial charge in [0.1, 0.15) is 5.52 Å². The predicted molar refractivity (Wildman–Crippen MR) is 105 cm³/mol. The number of piperidine rings is 1. The van der Waals surface area contributed by atoms with Crippen molar-refractivity contribution >= 4 is 34.6 Å². The van der Waals surface area contributed by atoms with E-state index in [-0.39, 0.29) is 11.8 Å². The van der Waals surface area contributed by atoms with Crippen molar-refractivity contribution in [2.24, 2.45) is 5.92 Å². The molecule has 1 aromatic carbocycles. The number of rotatable bonds is 6. The van der Waals surface area contributed by atoms with Gasteiger partial charge in [-0.1, -0.05) is 11.6 Å². The first kappa shape index (κ1) is 18.8. The highest BCUT2D eigenvalue weighted by atomic mass is 35.5. The van der Waals surface area contributed by atoms with Crippen molar-refractivity contribution in [2.75, 3.05) is 25.1 Å². The van der Waals surface area contributed by atoms with Crippen LogP contribution in [0.3, 0.4) is 0 Å². The van der Waals surface area contributed by atoms with Crippen molar-refractivity contribution < 1.29 is 13.9 Å². The van der Waals surface area contributed by atoms with Crippen LogP contribution in [-0.4, -0.2) is 41.3 Å². The van der Waals surface area contributed by atoms with E-state index in [1.807, 2.05) is 12.1 Å². The van der Waals surface area contributed by atoms with Gasteiger partial charge in [-0.05, 0) is 31.0 Å². The van der Waals surface area contributed by atoms with E-state index >= 15 is 0 Å². The molecule has 3 aromatic rings. The van der Waals surface area contributed by atoms with Crippen molar-refractivity contribution in [1.82, 2.24) is 20.5 Å². The summed E-state index contributed by atoms with van der Waals surface area (Å²) < 4.78 is 10.9. The summed E-state index contributed by atoms with van der Waals surface area (Å²) in [4.78, 5) is 19.1. The minimum atomic E-state index is -0.0172. The fourth-order valence-corrected chi connectivity index (χ4v) is 3.56. The van der Waals surface area contributed by atoms with Gasteiger partial charge in [-0.2, -0.15) is 10.1 Å². The highest BCUT2D eigenvalue weighted by molar-refractivity contribution is 6.31. The zero-order chi connectivity index (χ0) is 19.5. The SMILES string of the molecule is COCc1cc(CNC(=O)C2CCN(c3nc4ccc(Cl)cc4o3)CC2)[nH]n1. The average Bonchev–Trinajstić information content (AvgIpc) is 3.33. The van der Waals surface area contributed by atoms with E-state index in [4.69, 9.17) is 20.8 Å². The number of H-pyrrole nitrogens is 1. The minimum absolute atomic E-state index is 0.0172. The highest BCUT2D eigenvalue weighted by Crippen LogP contribution is 2.28. The molecule has 2 aromatic heterocycles. The molecule has 9 heteroatoms. The van der Waals surface area contributed by atoms with Gasteiger partial charge < -0.3 is 19.4 Å². The number of aromatic amines is 1. The second kappa shape index (κ2) is 8.20. The van der Waals surface area contributed by atoms with Crippen molar-refractivity contribution in [3.63, 3.8) is 0 Å². The summed E-state index contributed by atoms with van der Waals surface area (Å²) in [6, 6.07) is 7.88. The standard InChI is InChI=1S/C19H22ClN5O3/c1-27-11-15-9-14(23-24-15)10-21-18(26)12-4-6-25(7-5-12)19-22-16-3-2-13(20)8-17(16)28-19/h2-3,8-9,12H,4-7,10-11H2,1H3,(H,21,26)(H,23,24). The number of halogens is 1. The number of aromatic nitrogens is 3. The summed E-state index contributed by atoms with van der Waals surface area (Å²) in [6.45, 7) is 2.33. The van der Waals surface area contributed by atoms with Gasteiger partial charge in [-0.15, -0.1) is 0 Å². The summed E-state index contributed by atoms with van der Waals surface area (Å²) in [7, 11) is 1.62. The van der Waals surface area contributed by atoms with Crippen molar-refractivity contribution in [2.45, 2.75) is 26.0 Å². The molecular weight excluding hydrogens is 382 g/mol. The number of carbonyl (C=O) groups is 1. The molecule has 2 N–H and O–H groups in total. The van der Waals surface area contributed by atoms with Crippen LogP contribution in [0.1, 0.15) is 24.2 Å². The number of nitrogens with one attached hydrogen (secondary N) is 2. The molecule has 0 atom stereocenters. The zero-order valence-corrected chi connectivity index (χ0v) is 16.3. The molecule has 0 saturated carbocycles. The number of hydrogen-bond donors (Lipinski definition) is 2. The Kier molecular flexibility index (Phi) is 5.50. The van der Waals surface area contributed by atoms with E-state index in [9.17, 15) is 4.79 Å². The molecule has 28 heavy (non-hydrogen) atoms. The summed E-state index contributed by atoms with van der Waals surface area (Å²) in [5.41, 5.74) is 3.14. The summed E-state index contributed by atoms with van der Waals surface area (Å²) in [6.07, 6.45) is 1.51. The lowest BCUT2D eigenvalue weighted by molar-refractivity contribution is -0.125. The Balaban J connectivity index is 1.29. The van der Waals surface area contributed by atoms with Crippen molar-refractivity contribution in [3.8, 4) is 0 Å². The second-order valence-corrected chi connectivity index (χ2v) is 7.34. The average molecular weight is 404 g/mol. The Morgan fingerprint density at radius 2 is 2.21 bits per heavy atom. The molecule has 0 bridgehead atoms. The molecule has 1 fully saturated rings. The Morgan fingerprint density at radius 1 is 1.39 bits per heavy atom. The third kappa shape index (κ3) is 4.13. The lowest BCUT2D eigenvalue weighted by Gasteiger charge is -2.30. The van der Waals surface area contributed by atoms with Crippen molar-refractivity contribution in [3.05, 3.63) is 40.7 Å². The smallest absolute Gasteiger partial charge is 0.298 e. The van der Waals surface area contributed by atoms with E-state index in [1.54, 1.807) is 19.2 Å². The fraction of sp³-hybridized carbons (Fsp3) is 0.421. The van der Waals surface area contributed by atoms with E-state index < -0.39 is 0 Å². The Labute approximate surface area is 167 Å². The molecule has 0 spiro atoms. The van der Waals surface area contributed by atoms with Crippen LogP contribution in [0, 0.1) is 5.92 Å². The van der Waals surface area contributed by atoms with E-state index in [0.29, 0.717) is 29.8 Å². The third-order valence-corrected chi connectivity index (χ3v) is 5.14. The molecule has 1 amide bonds. The largest absolute Gasteiger partial charge is 0.423 e. The number of anilines is 1. The van der Waals surface area contributed by atoms with Gasteiger partial charge in [-0.25, -0.2) is 0 Å². The van der Waals surface area contributed by atoms with Gasteiger partial charge in [0.25, 0.3) is 6.01 Å². The quantitative estimate of drug-likeness (QED) is 0.657. The molecular formula is C19H22ClN5O3. The second-order valence-electron chi connectivity index (χ2n) is 6.91. The first-order chi connectivity index (χ1) is 13.6. The molecule has 148 valence electrons. The third-order valence-electron chi connectivity index (χ3n) is 4.90. The van der Waals surface area contributed by atoms with Crippen molar-refractivity contribution in [1.29, 1.82) is 0 Å². The van der Waals surface area contributed by atoms with Gasteiger partial charge >= 0.3 is 0 Å². The number of hydrogen-bond acceptors (Lipinski definition) is 6. The molecule has 1 aliphatic heterocycles. The van der Waals surface area contributed by atoms with Crippen LogP contribution < -0.4 is 10.2 Å². The zero-order valence-electron chi connectivity index (χ0n) is 15.6. The molecule has 1 saturated heterocycles. The maximum atomic E-state index is 12.5. The normalized spacial score (nSPS) is 15.3. The first-order valence-corrected chi connectivity index (χ1v) is 9.61. The molecule has 3 heterocycles. The lowest BCUT2D eigenvalue weighted by atomic mass is 9.96. The maximum Gasteiger partial charge on any atom is 0.298 e. The molecule has 0 unspecified atom stereocenters. The Hall–Kier alpha value is -2.58. The molecule has 0 radical (unpaired) electrons. The van der Waals surface area contributed by atoms with Gasteiger partial charge in [-0.3, -0.25) is 9.89 Å². The first-order valence-electron chi connectivity index (χ1n) is 9.23. The molecule has 1 aliphatic rings. The van der Waals surface area contributed by atoms with Gasteiger partial charge in [0.2, 0.25) is 5.91 Å². The van der Waals surface area contributed by atoms with Gasteiger partial charge in [0, 0.05) is 37.2 Å². The number of oxazole rings is 1. The highest BCUT2D eigenvalue weighted by Gasteiger charge is 2.27. The monoisotopic (exact) mass is 403 g/mol. The number of carbonyl (C=O) groups excluding carboxylic acids is 1. The number of ether oxygens (including phenoxy) is 1. The van der Waals surface area contributed by atoms with Crippen LogP contribution >= 0.6 is 11.6 Å². The van der Waals surface area contributed by atoms with E-state index in [0.717, 1.165) is 42.8 Å². The van der Waals surface area contributed by atoms with Crippen LogP contribution in [0.15, 0.2) is 28.7 Å². The number of benzene rings is 1. The minimum Gasteiger partial charge on any atom is -0.423 e. The van der Waals surface area contributed by atoms with Crippen LogP contribution in [-0.2, 0) is 22.7 Å².